The van der Waals surface area contributed by atoms with Crippen LogP contribution in [0.3, 0.4) is 0 Å². The van der Waals surface area contributed by atoms with Crippen molar-refractivity contribution < 1.29 is 4.74 Å². The maximum atomic E-state index is 8.70. The largest absolute Gasteiger partial charge is 0.499 e. The van der Waals surface area contributed by atoms with Crippen LogP contribution < -0.4 is 0 Å². The quantitative estimate of drug-likeness (QED) is 0.552. The maximum Gasteiger partial charge on any atom is 0.167 e. The highest BCUT2D eigenvalue weighted by Gasteiger charge is 2.06. The molecule has 3 heteroatoms. The van der Waals surface area contributed by atoms with Gasteiger partial charge in [-0.3, -0.25) is 0 Å². The molecule has 1 aromatic rings. The molecule has 74 valence electrons. The summed E-state index contributed by atoms with van der Waals surface area (Å²) < 4.78 is 5.03. The topological polar surface area (TPSA) is 56.8 Å². The van der Waals surface area contributed by atoms with Crippen LogP contribution in [0.4, 0.5) is 0 Å². The lowest BCUT2D eigenvalue weighted by atomic mass is 10.1. The maximum absolute atomic E-state index is 8.70. The third kappa shape index (κ3) is 2.86. The first kappa shape index (κ1) is 10.8. The number of hydrogen-bond donors (Lipinski definition) is 0. The summed E-state index contributed by atoms with van der Waals surface area (Å²) in [5.74, 6) is 0.409. The Bertz CT molecular complexity index is 419. The second kappa shape index (κ2) is 5.47. The molecule has 0 saturated heterocycles. The van der Waals surface area contributed by atoms with E-state index in [9.17, 15) is 0 Å². The first-order valence-electron chi connectivity index (χ1n) is 4.43. The van der Waals surface area contributed by atoms with Crippen LogP contribution in [0.1, 0.15) is 5.56 Å². The molecule has 0 bridgehead atoms. The van der Waals surface area contributed by atoms with Gasteiger partial charge in [-0.1, -0.05) is 30.3 Å². The first-order chi connectivity index (χ1) is 7.31. The van der Waals surface area contributed by atoms with Crippen molar-refractivity contribution in [1.82, 2.24) is 0 Å². The number of rotatable bonds is 3. The number of allylic oxidation sites excluding steroid dienone is 2. The summed E-state index contributed by atoms with van der Waals surface area (Å²) in [5.41, 5.74) is 1.04. The van der Waals surface area contributed by atoms with Crippen LogP contribution >= 0.6 is 0 Å². The van der Waals surface area contributed by atoms with Crippen LogP contribution in [0.2, 0.25) is 0 Å². The molecule has 0 fully saturated rings. The van der Waals surface area contributed by atoms with E-state index in [0.717, 1.165) is 5.56 Å². The van der Waals surface area contributed by atoms with Crippen molar-refractivity contribution in [3.05, 3.63) is 47.2 Å². The molecule has 1 aromatic carbocycles. The van der Waals surface area contributed by atoms with Gasteiger partial charge in [-0.2, -0.15) is 10.5 Å². The van der Waals surface area contributed by atoms with E-state index in [2.05, 4.69) is 0 Å². The van der Waals surface area contributed by atoms with Crippen LogP contribution in [0.5, 0.6) is 0 Å². The third-order valence-corrected chi connectivity index (χ3v) is 1.96. The molecular formula is C12H10N2O. The molecule has 0 spiro atoms. The predicted octanol–water partition coefficient (Wildman–Crippen LogP) is 2.18. The fourth-order valence-corrected chi connectivity index (χ4v) is 1.19. The molecule has 0 aliphatic rings. The highest BCUT2D eigenvalue weighted by molar-refractivity contribution is 5.39. The lowest BCUT2D eigenvalue weighted by Crippen LogP contribution is -1.96. The molecule has 0 aliphatic heterocycles. The Morgan fingerprint density at radius 2 is 1.80 bits per heavy atom. The Kier molecular flexibility index (Phi) is 3.94. The molecule has 0 N–H and O–H groups in total. The molecule has 0 radical (unpaired) electrons. The van der Waals surface area contributed by atoms with E-state index < -0.39 is 0 Å². The Morgan fingerprint density at radius 1 is 1.20 bits per heavy atom. The van der Waals surface area contributed by atoms with Gasteiger partial charge in [0.25, 0.3) is 0 Å². The number of ether oxygens (including phenoxy) is 1. The van der Waals surface area contributed by atoms with E-state index in [1.54, 1.807) is 0 Å². The minimum Gasteiger partial charge on any atom is -0.499 e. The molecule has 3 nitrogen and oxygen atoms in total. The first-order valence-corrected chi connectivity index (χ1v) is 4.43. The van der Waals surface area contributed by atoms with Crippen molar-refractivity contribution in [2.24, 2.45) is 0 Å². The summed E-state index contributed by atoms with van der Waals surface area (Å²) in [4.78, 5) is 0. The number of nitrogens with zero attached hydrogens (tertiary/aromatic N) is 2. The Hall–Kier alpha value is -2.26. The van der Waals surface area contributed by atoms with Crippen molar-refractivity contribution in [2.75, 3.05) is 7.11 Å². The van der Waals surface area contributed by atoms with E-state index in [4.69, 9.17) is 15.3 Å². The fraction of sp³-hybridized carbons (Fsp3) is 0.167. The van der Waals surface area contributed by atoms with Gasteiger partial charge in [-0.05, 0) is 5.56 Å². The minimum atomic E-state index is 0.0290. The zero-order valence-corrected chi connectivity index (χ0v) is 8.40. The van der Waals surface area contributed by atoms with Gasteiger partial charge >= 0.3 is 0 Å². The van der Waals surface area contributed by atoms with Gasteiger partial charge in [0.2, 0.25) is 0 Å². The van der Waals surface area contributed by atoms with Crippen molar-refractivity contribution in [1.29, 1.82) is 10.5 Å². The number of nitriles is 2. The summed E-state index contributed by atoms with van der Waals surface area (Å²) in [7, 11) is 1.47. The second-order valence-electron chi connectivity index (χ2n) is 2.89. The molecule has 0 amide bonds. The smallest absolute Gasteiger partial charge is 0.167 e. The monoisotopic (exact) mass is 198 g/mol. The number of benzene rings is 1. The molecular weight excluding hydrogens is 188 g/mol. The van der Waals surface area contributed by atoms with Crippen LogP contribution in [0.15, 0.2) is 41.7 Å². The summed E-state index contributed by atoms with van der Waals surface area (Å²) in [6.07, 6.45) is 0.466. The van der Waals surface area contributed by atoms with Crippen LogP contribution in [-0.4, -0.2) is 7.11 Å². The standard InChI is InChI=1S/C12H10N2O/c1-15-12(11(8-13)9-14)7-10-5-3-2-4-6-10/h2-6H,7H2,1H3. The van der Waals surface area contributed by atoms with Gasteiger partial charge in [0, 0.05) is 6.42 Å². The van der Waals surface area contributed by atoms with E-state index in [1.165, 1.54) is 7.11 Å². The van der Waals surface area contributed by atoms with Crippen molar-refractivity contribution >= 4 is 0 Å². The lowest BCUT2D eigenvalue weighted by molar-refractivity contribution is 0.281. The Morgan fingerprint density at radius 3 is 2.27 bits per heavy atom. The Balaban J connectivity index is 2.95. The molecule has 15 heavy (non-hydrogen) atoms. The van der Waals surface area contributed by atoms with E-state index in [0.29, 0.717) is 12.2 Å². The van der Waals surface area contributed by atoms with E-state index in [1.807, 2.05) is 42.5 Å². The molecule has 0 aromatic heterocycles. The van der Waals surface area contributed by atoms with Gasteiger partial charge in [-0.25, -0.2) is 0 Å². The molecule has 0 aliphatic carbocycles. The van der Waals surface area contributed by atoms with Gasteiger partial charge in [0.05, 0.1) is 7.11 Å². The molecule has 0 heterocycles. The predicted molar refractivity (Wildman–Crippen MR) is 55.4 cm³/mol. The SMILES string of the molecule is COC(Cc1ccccc1)=C(C#N)C#N. The summed E-state index contributed by atoms with van der Waals surface area (Å²) >= 11 is 0. The van der Waals surface area contributed by atoms with Crippen LogP contribution in [0.25, 0.3) is 0 Å². The molecule has 0 saturated carbocycles. The lowest BCUT2D eigenvalue weighted by Gasteiger charge is -2.05. The van der Waals surface area contributed by atoms with Gasteiger partial charge in [-0.15, -0.1) is 0 Å². The highest BCUT2D eigenvalue weighted by atomic mass is 16.5. The van der Waals surface area contributed by atoms with Crippen LogP contribution in [-0.2, 0) is 11.2 Å². The highest BCUT2D eigenvalue weighted by Crippen LogP contribution is 2.12. The van der Waals surface area contributed by atoms with Gasteiger partial charge in [0.1, 0.15) is 17.9 Å². The van der Waals surface area contributed by atoms with Crippen LogP contribution in [0, 0.1) is 22.7 Å². The van der Waals surface area contributed by atoms with Gasteiger partial charge in [0.15, 0.2) is 5.57 Å². The Labute approximate surface area is 88.8 Å². The van der Waals surface area contributed by atoms with Gasteiger partial charge < -0.3 is 4.74 Å². The molecule has 1 rings (SSSR count). The summed E-state index contributed by atoms with van der Waals surface area (Å²) in [6.45, 7) is 0. The van der Waals surface area contributed by atoms with E-state index in [-0.39, 0.29) is 5.57 Å². The van der Waals surface area contributed by atoms with E-state index >= 15 is 0 Å². The second-order valence-corrected chi connectivity index (χ2v) is 2.89. The van der Waals surface area contributed by atoms with Crippen molar-refractivity contribution in [3.63, 3.8) is 0 Å². The zero-order chi connectivity index (χ0) is 11.1. The summed E-state index contributed by atoms with van der Waals surface area (Å²) in [5, 5.41) is 17.4. The fourth-order valence-electron chi connectivity index (χ4n) is 1.19. The molecule has 0 atom stereocenters. The van der Waals surface area contributed by atoms with Crippen molar-refractivity contribution in [2.45, 2.75) is 6.42 Å². The molecule has 0 unspecified atom stereocenters. The normalized spacial score (nSPS) is 8.47. The third-order valence-electron chi connectivity index (χ3n) is 1.96. The number of hydrogen-bond acceptors (Lipinski definition) is 3. The minimum absolute atomic E-state index is 0.0290. The average Bonchev–Trinajstić information content (AvgIpc) is 2.30. The van der Waals surface area contributed by atoms with Crippen molar-refractivity contribution in [3.8, 4) is 12.1 Å². The zero-order valence-electron chi connectivity index (χ0n) is 8.40. The summed E-state index contributed by atoms with van der Waals surface area (Å²) in [6, 6.07) is 13.2. The number of methoxy groups -OCH3 is 1. The average molecular weight is 198 g/mol.